The summed E-state index contributed by atoms with van der Waals surface area (Å²) in [5.74, 6) is -0.606. The fraction of sp³-hybridized carbons (Fsp3) is 0.353. The number of nitrogens with zero attached hydrogens (tertiary/aromatic N) is 3. The lowest BCUT2D eigenvalue weighted by Gasteiger charge is -2.20. The number of aromatic nitrogens is 2. The van der Waals surface area contributed by atoms with Gasteiger partial charge in [0.15, 0.2) is 0 Å². The molecule has 1 aliphatic heterocycles. The third-order valence-electron chi connectivity index (χ3n) is 3.88. The zero-order chi connectivity index (χ0) is 17.1. The smallest absolute Gasteiger partial charge is 0.342 e. The Labute approximate surface area is 144 Å². The molecule has 1 aromatic carbocycles. The van der Waals surface area contributed by atoms with Gasteiger partial charge in [-0.05, 0) is 60.9 Å². The minimum absolute atomic E-state index is 0.145. The zero-order valence-electron chi connectivity index (χ0n) is 13.7. The lowest BCUT2D eigenvalue weighted by atomic mass is 10.1. The maximum absolute atomic E-state index is 11.5. The minimum atomic E-state index is -1.02. The highest BCUT2D eigenvalue weighted by atomic mass is 32.2. The fourth-order valence-corrected chi connectivity index (χ4v) is 3.50. The molecule has 1 saturated heterocycles. The molecule has 0 atom stereocenters. The van der Waals surface area contributed by atoms with Crippen molar-refractivity contribution in [2.24, 2.45) is 0 Å². The van der Waals surface area contributed by atoms with Gasteiger partial charge in [0.25, 0.3) is 5.22 Å². The molecule has 2 aromatic rings. The first-order chi connectivity index (χ1) is 11.5. The van der Waals surface area contributed by atoms with Gasteiger partial charge in [-0.15, -0.1) is 10.2 Å². The topological polar surface area (TPSA) is 79.5 Å². The van der Waals surface area contributed by atoms with Crippen LogP contribution in [0.2, 0.25) is 0 Å². The molecule has 7 heteroatoms. The van der Waals surface area contributed by atoms with Gasteiger partial charge < -0.3 is 14.4 Å². The van der Waals surface area contributed by atoms with E-state index < -0.39 is 5.97 Å². The second kappa shape index (κ2) is 7.09. The first-order valence-electron chi connectivity index (χ1n) is 7.81. The van der Waals surface area contributed by atoms with Gasteiger partial charge in [0.05, 0.1) is 0 Å². The van der Waals surface area contributed by atoms with Crippen LogP contribution in [0.4, 0.5) is 5.69 Å². The van der Waals surface area contributed by atoms with Crippen molar-refractivity contribution in [3.05, 3.63) is 40.1 Å². The van der Waals surface area contributed by atoms with Gasteiger partial charge in [0, 0.05) is 25.7 Å². The summed E-state index contributed by atoms with van der Waals surface area (Å²) in [5, 5.41) is 17.2. The summed E-state index contributed by atoms with van der Waals surface area (Å²) in [6.07, 6.45) is 4.09. The van der Waals surface area contributed by atoms with Crippen LogP contribution >= 0.6 is 11.8 Å². The minimum Gasteiger partial charge on any atom is -0.477 e. The van der Waals surface area contributed by atoms with Crippen molar-refractivity contribution in [3.8, 4) is 0 Å². The average molecular weight is 345 g/mol. The summed E-state index contributed by atoms with van der Waals surface area (Å²) < 4.78 is 5.24. The van der Waals surface area contributed by atoms with E-state index in [2.05, 4.69) is 28.1 Å². The van der Waals surface area contributed by atoms with Crippen molar-refractivity contribution in [2.75, 3.05) is 18.0 Å². The van der Waals surface area contributed by atoms with E-state index in [4.69, 9.17) is 4.42 Å². The fourth-order valence-electron chi connectivity index (χ4n) is 2.78. The molecule has 24 heavy (non-hydrogen) atoms. The second-order valence-corrected chi connectivity index (χ2v) is 6.74. The Kier molecular flexibility index (Phi) is 4.89. The van der Waals surface area contributed by atoms with E-state index >= 15 is 0 Å². The van der Waals surface area contributed by atoms with E-state index in [1.165, 1.54) is 18.5 Å². The zero-order valence-corrected chi connectivity index (χ0v) is 14.5. The number of aryl methyl sites for hydroxylation is 2. The molecule has 3 rings (SSSR count). The van der Waals surface area contributed by atoms with Crippen molar-refractivity contribution >= 4 is 29.5 Å². The van der Waals surface area contributed by atoms with Crippen molar-refractivity contribution in [3.63, 3.8) is 0 Å². The average Bonchev–Trinajstić information content (AvgIpc) is 3.18. The molecule has 1 N–H and O–H groups in total. The van der Waals surface area contributed by atoms with Crippen molar-refractivity contribution < 1.29 is 14.3 Å². The Morgan fingerprint density at radius 1 is 1.29 bits per heavy atom. The number of carboxylic acids is 1. The second-order valence-electron chi connectivity index (χ2n) is 5.74. The molecule has 0 bridgehead atoms. The van der Waals surface area contributed by atoms with Gasteiger partial charge in [0.2, 0.25) is 5.89 Å². The van der Waals surface area contributed by atoms with Gasteiger partial charge in [-0.1, -0.05) is 6.07 Å². The van der Waals surface area contributed by atoms with Crippen LogP contribution in [0.1, 0.15) is 29.9 Å². The van der Waals surface area contributed by atoms with Crippen molar-refractivity contribution in [2.45, 2.75) is 31.9 Å². The molecule has 0 amide bonds. The van der Waals surface area contributed by atoms with E-state index in [1.807, 2.05) is 12.1 Å². The molecular formula is C17H19N3O3S. The van der Waals surface area contributed by atoms with Crippen LogP contribution in [0, 0.1) is 13.8 Å². The van der Waals surface area contributed by atoms with Crippen LogP contribution in [0.5, 0.6) is 0 Å². The van der Waals surface area contributed by atoms with Crippen LogP contribution in [0.25, 0.3) is 6.08 Å². The molecule has 0 radical (unpaired) electrons. The number of hydrogen-bond donors (Lipinski definition) is 1. The molecule has 0 unspecified atom stereocenters. The first kappa shape index (κ1) is 16.6. The van der Waals surface area contributed by atoms with Gasteiger partial charge >= 0.3 is 5.97 Å². The van der Waals surface area contributed by atoms with Crippen LogP contribution < -0.4 is 4.90 Å². The molecule has 1 fully saturated rings. The number of benzene rings is 1. The van der Waals surface area contributed by atoms with E-state index in [9.17, 15) is 9.90 Å². The molecule has 1 aliphatic rings. The van der Waals surface area contributed by atoms with E-state index in [0.717, 1.165) is 36.0 Å². The number of aliphatic carboxylic acids is 1. The third kappa shape index (κ3) is 3.79. The van der Waals surface area contributed by atoms with Crippen molar-refractivity contribution in [1.29, 1.82) is 0 Å². The highest BCUT2D eigenvalue weighted by Gasteiger charge is 2.16. The number of hydrogen-bond acceptors (Lipinski definition) is 6. The van der Waals surface area contributed by atoms with E-state index in [1.54, 1.807) is 13.0 Å². The summed E-state index contributed by atoms with van der Waals surface area (Å²) in [5.41, 5.74) is 3.22. The summed E-state index contributed by atoms with van der Waals surface area (Å²) >= 11 is 0.959. The van der Waals surface area contributed by atoms with Gasteiger partial charge in [-0.25, -0.2) is 4.79 Å². The van der Waals surface area contributed by atoms with Crippen molar-refractivity contribution in [1.82, 2.24) is 10.2 Å². The highest BCUT2D eigenvalue weighted by molar-refractivity contribution is 8.03. The largest absolute Gasteiger partial charge is 0.477 e. The maximum Gasteiger partial charge on any atom is 0.342 e. The Balaban J connectivity index is 1.83. The molecule has 0 spiro atoms. The van der Waals surface area contributed by atoms with Crippen LogP contribution in [-0.4, -0.2) is 34.4 Å². The Bertz CT molecular complexity index is 779. The van der Waals surface area contributed by atoms with E-state index in [0.29, 0.717) is 5.89 Å². The highest BCUT2D eigenvalue weighted by Crippen LogP contribution is 2.29. The number of thioether (sulfide) groups is 1. The molecule has 0 aliphatic carbocycles. The third-order valence-corrected chi connectivity index (χ3v) is 4.73. The molecular weight excluding hydrogens is 326 g/mol. The number of carbonyl (C=O) groups is 1. The van der Waals surface area contributed by atoms with E-state index in [-0.39, 0.29) is 10.1 Å². The lowest BCUT2D eigenvalue weighted by molar-refractivity contribution is -0.131. The monoisotopic (exact) mass is 345 g/mol. The Hall–Kier alpha value is -2.28. The number of rotatable bonds is 5. The number of anilines is 1. The molecule has 1 aromatic heterocycles. The Morgan fingerprint density at radius 3 is 2.62 bits per heavy atom. The summed E-state index contributed by atoms with van der Waals surface area (Å²) in [6.45, 7) is 5.90. The SMILES string of the molecule is Cc1nnc(S/C(=C/c2ccc(N3CCCC3)c(C)c2)C(=O)O)o1. The predicted octanol–water partition coefficient (Wildman–Crippen LogP) is 3.50. The van der Waals surface area contributed by atoms with Crippen LogP contribution in [0.15, 0.2) is 32.7 Å². The predicted molar refractivity (Wildman–Crippen MR) is 93.1 cm³/mol. The molecule has 126 valence electrons. The number of carboxylic acid groups (broad SMARTS) is 1. The summed E-state index contributed by atoms with van der Waals surface area (Å²) in [7, 11) is 0. The molecule has 6 nitrogen and oxygen atoms in total. The summed E-state index contributed by atoms with van der Waals surface area (Å²) in [6, 6.07) is 6.02. The molecule has 2 heterocycles. The maximum atomic E-state index is 11.5. The first-order valence-corrected chi connectivity index (χ1v) is 8.63. The van der Waals surface area contributed by atoms with Crippen LogP contribution in [0.3, 0.4) is 0 Å². The standard InChI is InChI=1S/C17H19N3O3S/c1-11-9-13(5-6-14(11)20-7-3-4-8-20)10-15(16(21)22)24-17-19-18-12(2)23-17/h5-6,9-10H,3-4,7-8H2,1-2H3,(H,21,22)/b15-10+. The normalized spacial score (nSPS) is 15.1. The quantitative estimate of drug-likeness (QED) is 0.656. The summed E-state index contributed by atoms with van der Waals surface area (Å²) in [4.78, 5) is 14.0. The van der Waals surface area contributed by atoms with Gasteiger partial charge in [0.1, 0.15) is 4.91 Å². The van der Waals surface area contributed by atoms with Gasteiger partial charge in [-0.3, -0.25) is 0 Å². The lowest BCUT2D eigenvalue weighted by Crippen LogP contribution is -2.18. The Morgan fingerprint density at radius 2 is 2.04 bits per heavy atom. The molecule has 0 saturated carbocycles. The van der Waals surface area contributed by atoms with Crippen LogP contribution in [-0.2, 0) is 4.79 Å². The van der Waals surface area contributed by atoms with Gasteiger partial charge in [-0.2, -0.15) is 0 Å².